The molecule has 0 saturated carbocycles. The van der Waals surface area contributed by atoms with Gasteiger partial charge in [0.15, 0.2) is 0 Å². The molecule has 5 heteroatoms. The number of nitrogens with zero attached hydrogens (tertiary/aromatic N) is 1. The molecule has 0 aliphatic rings. The van der Waals surface area contributed by atoms with Crippen LogP contribution in [0.3, 0.4) is 0 Å². The first kappa shape index (κ1) is 10.7. The van der Waals surface area contributed by atoms with Gasteiger partial charge in [0.2, 0.25) is 0 Å². The predicted molar refractivity (Wildman–Crippen MR) is 58.9 cm³/mol. The van der Waals surface area contributed by atoms with Gasteiger partial charge >= 0.3 is 5.00 Å². The van der Waals surface area contributed by atoms with E-state index in [0.29, 0.717) is 6.54 Å². The maximum absolute atomic E-state index is 10.4. The Labute approximate surface area is 86.4 Å². The van der Waals surface area contributed by atoms with Crippen molar-refractivity contribution in [1.29, 1.82) is 0 Å². The van der Waals surface area contributed by atoms with E-state index in [1.165, 1.54) is 11.6 Å². The van der Waals surface area contributed by atoms with Crippen LogP contribution in [0.5, 0.6) is 0 Å². The van der Waals surface area contributed by atoms with Gasteiger partial charge in [-0.1, -0.05) is 11.6 Å². The summed E-state index contributed by atoms with van der Waals surface area (Å²) in [6.07, 6.45) is 2.03. The van der Waals surface area contributed by atoms with Crippen LogP contribution in [0.4, 0.5) is 10.0 Å². The number of nitrogens with one attached hydrogen (secondary N) is 1. The van der Waals surface area contributed by atoms with Gasteiger partial charge < -0.3 is 5.32 Å². The quantitative estimate of drug-likeness (QED) is 0.474. The highest BCUT2D eigenvalue weighted by atomic mass is 32.1. The second-order valence-corrected chi connectivity index (χ2v) is 4.12. The van der Waals surface area contributed by atoms with Crippen molar-refractivity contribution in [2.24, 2.45) is 0 Å². The molecule has 0 aliphatic heterocycles. The molecule has 1 heterocycles. The minimum atomic E-state index is -0.378. The number of hydrogen-bond acceptors (Lipinski definition) is 4. The standard InChI is InChI=1S/C9H12N2O2S/c1-7(2)5-6-10-8-3-4-9(14-8)11(12)13/h3-5,10H,6H2,1-2H3. The van der Waals surface area contributed by atoms with Gasteiger partial charge in [-0.25, -0.2) is 0 Å². The van der Waals surface area contributed by atoms with Gasteiger partial charge in [-0.3, -0.25) is 10.1 Å². The molecule has 0 aromatic carbocycles. The fraction of sp³-hybridized carbons (Fsp3) is 0.333. The fourth-order valence-corrected chi connectivity index (χ4v) is 1.60. The van der Waals surface area contributed by atoms with Crippen LogP contribution in [0.2, 0.25) is 0 Å². The first-order valence-electron chi connectivity index (χ1n) is 4.21. The van der Waals surface area contributed by atoms with Crippen molar-refractivity contribution in [2.45, 2.75) is 13.8 Å². The molecule has 0 aliphatic carbocycles. The van der Waals surface area contributed by atoms with Crippen LogP contribution in [-0.4, -0.2) is 11.5 Å². The summed E-state index contributed by atoms with van der Waals surface area (Å²) in [4.78, 5) is 9.99. The molecule has 0 atom stereocenters. The van der Waals surface area contributed by atoms with E-state index >= 15 is 0 Å². The molecular weight excluding hydrogens is 200 g/mol. The Balaban J connectivity index is 2.52. The average molecular weight is 212 g/mol. The Morgan fingerprint density at radius 1 is 1.64 bits per heavy atom. The van der Waals surface area contributed by atoms with Gasteiger partial charge in [-0.2, -0.15) is 0 Å². The third-order valence-electron chi connectivity index (χ3n) is 1.56. The summed E-state index contributed by atoms with van der Waals surface area (Å²) in [5, 5.41) is 14.5. The molecule has 0 saturated heterocycles. The van der Waals surface area contributed by atoms with Crippen molar-refractivity contribution < 1.29 is 4.92 Å². The van der Waals surface area contributed by atoms with E-state index in [1.54, 1.807) is 6.07 Å². The van der Waals surface area contributed by atoms with Gasteiger partial charge in [0.1, 0.15) is 0 Å². The van der Waals surface area contributed by atoms with Crippen molar-refractivity contribution in [1.82, 2.24) is 0 Å². The molecule has 1 rings (SSSR count). The zero-order chi connectivity index (χ0) is 10.6. The van der Waals surface area contributed by atoms with Crippen molar-refractivity contribution in [3.63, 3.8) is 0 Å². The van der Waals surface area contributed by atoms with Crippen LogP contribution in [0.15, 0.2) is 23.8 Å². The third kappa shape index (κ3) is 3.18. The highest BCUT2D eigenvalue weighted by Crippen LogP contribution is 2.27. The summed E-state index contributed by atoms with van der Waals surface area (Å²) < 4.78 is 0. The Hall–Kier alpha value is -1.36. The van der Waals surface area contributed by atoms with Crippen molar-refractivity contribution in [3.8, 4) is 0 Å². The first-order chi connectivity index (χ1) is 6.59. The Morgan fingerprint density at radius 3 is 2.86 bits per heavy atom. The molecule has 1 aromatic rings. The normalized spacial score (nSPS) is 9.57. The summed E-state index contributed by atoms with van der Waals surface area (Å²) in [7, 11) is 0. The summed E-state index contributed by atoms with van der Waals surface area (Å²) in [5.41, 5.74) is 1.23. The monoisotopic (exact) mass is 212 g/mol. The van der Waals surface area contributed by atoms with E-state index in [9.17, 15) is 10.1 Å². The minimum absolute atomic E-state index is 0.171. The molecule has 1 aromatic heterocycles. The Morgan fingerprint density at radius 2 is 2.36 bits per heavy atom. The van der Waals surface area contributed by atoms with E-state index in [2.05, 4.69) is 5.32 Å². The van der Waals surface area contributed by atoms with Gasteiger partial charge in [-0.15, -0.1) is 0 Å². The zero-order valence-corrected chi connectivity index (χ0v) is 8.93. The maximum Gasteiger partial charge on any atom is 0.326 e. The van der Waals surface area contributed by atoms with Gasteiger partial charge in [-0.05, 0) is 31.3 Å². The number of anilines is 1. The van der Waals surface area contributed by atoms with Crippen LogP contribution in [0.1, 0.15) is 13.8 Å². The Kier molecular flexibility index (Phi) is 3.64. The number of rotatable bonds is 4. The van der Waals surface area contributed by atoms with Crippen LogP contribution in [0, 0.1) is 10.1 Å². The summed E-state index contributed by atoms with van der Waals surface area (Å²) in [5.74, 6) is 0. The number of allylic oxidation sites excluding steroid dienone is 1. The summed E-state index contributed by atoms with van der Waals surface area (Å²) in [6.45, 7) is 4.73. The van der Waals surface area contributed by atoms with Crippen LogP contribution < -0.4 is 5.32 Å². The molecule has 14 heavy (non-hydrogen) atoms. The largest absolute Gasteiger partial charge is 0.373 e. The number of thiophene rings is 1. The molecule has 0 amide bonds. The summed E-state index contributed by atoms with van der Waals surface area (Å²) in [6, 6.07) is 3.23. The minimum Gasteiger partial charge on any atom is -0.373 e. The molecule has 0 radical (unpaired) electrons. The molecule has 0 unspecified atom stereocenters. The second-order valence-electron chi connectivity index (χ2n) is 3.06. The van der Waals surface area contributed by atoms with Crippen LogP contribution in [-0.2, 0) is 0 Å². The van der Waals surface area contributed by atoms with E-state index in [1.807, 2.05) is 19.9 Å². The lowest BCUT2D eigenvalue weighted by Gasteiger charge is -1.97. The highest BCUT2D eigenvalue weighted by Gasteiger charge is 2.08. The van der Waals surface area contributed by atoms with Gasteiger partial charge in [0.25, 0.3) is 0 Å². The van der Waals surface area contributed by atoms with E-state index in [4.69, 9.17) is 0 Å². The molecule has 1 N–H and O–H groups in total. The first-order valence-corrected chi connectivity index (χ1v) is 5.02. The van der Waals surface area contributed by atoms with E-state index < -0.39 is 0 Å². The van der Waals surface area contributed by atoms with Crippen molar-refractivity contribution in [3.05, 3.63) is 33.9 Å². The predicted octanol–water partition coefficient (Wildman–Crippen LogP) is 3.03. The van der Waals surface area contributed by atoms with Crippen LogP contribution >= 0.6 is 11.3 Å². The molecule has 4 nitrogen and oxygen atoms in total. The van der Waals surface area contributed by atoms with Gasteiger partial charge in [0, 0.05) is 12.6 Å². The highest BCUT2D eigenvalue weighted by molar-refractivity contribution is 7.19. The van der Waals surface area contributed by atoms with Gasteiger partial charge in [0.05, 0.1) is 9.92 Å². The molecular formula is C9H12N2O2S. The van der Waals surface area contributed by atoms with Crippen molar-refractivity contribution in [2.75, 3.05) is 11.9 Å². The van der Waals surface area contributed by atoms with Crippen LogP contribution in [0.25, 0.3) is 0 Å². The third-order valence-corrected chi connectivity index (χ3v) is 2.55. The summed E-state index contributed by atoms with van der Waals surface area (Å²) >= 11 is 1.15. The molecule has 0 spiro atoms. The fourth-order valence-electron chi connectivity index (χ4n) is 0.877. The number of nitro groups is 1. The lowest BCUT2D eigenvalue weighted by Crippen LogP contribution is -1.95. The maximum atomic E-state index is 10.4. The van der Waals surface area contributed by atoms with E-state index in [0.717, 1.165) is 16.3 Å². The second kappa shape index (κ2) is 4.76. The number of hydrogen-bond donors (Lipinski definition) is 1. The van der Waals surface area contributed by atoms with E-state index in [-0.39, 0.29) is 9.92 Å². The molecule has 0 bridgehead atoms. The zero-order valence-electron chi connectivity index (χ0n) is 8.11. The molecule has 76 valence electrons. The average Bonchev–Trinajstić information content (AvgIpc) is 2.52. The molecule has 0 fully saturated rings. The lowest BCUT2D eigenvalue weighted by molar-refractivity contribution is -0.380. The Bertz CT molecular complexity index is 353. The lowest BCUT2D eigenvalue weighted by atomic mass is 10.3. The van der Waals surface area contributed by atoms with Crippen molar-refractivity contribution >= 4 is 21.3 Å². The SMILES string of the molecule is CC(C)=CCNc1ccc([N+](=O)[O-])s1. The smallest absolute Gasteiger partial charge is 0.326 e. The topological polar surface area (TPSA) is 55.2 Å².